The van der Waals surface area contributed by atoms with E-state index in [1.165, 1.54) is 4.88 Å². The van der Waals surface area contributed by atoms with Crippen molar-refractivity contribution in [1.82, 2.24) is 25.4 Å². The summed E-state index contributed by atoms with van der Waals surface area (Å²) in [4.78, 5) is 5.48. The van der Waals surface area contributed by atoms with Gasteiger partial charge in [0.15, 0.2) is 5.96 Å². The lowest BCUT2D eigenvalue weighted by atomic mass is 10.4. The molecule has 0 bridgehead atoms. The second-order valence-electron chi connectivity index (χ2n) is 4.38. The molecule has 2 heterocycles. The molecule has 0 atom stereocenters. The van der Waals surface area contributed by atoms with Gasteiger partial charge in [-0.25, -0.2) is 0 Å². The van der Waals surface area contributed by atoms with E-state index in [0.29, 0.717) is 0 Å². The van der Waals surface area contributed by atoms with E-state index in [0.717, 1.165) is 42.3 Å². The van der Waals surface area contributed by atoms with Crippen molar-refractivity contribution in [3.05, 3.63) is 32.9 Å². The van der Waals surface area contributed by atoms with Crippen molar-refractivity contribution >= 4 is 57.2 Å². The lowest BCUT2D eigenvalue weighted by Crippen LogP contribution is -2.38. The Morgan fingerprint density at radius 3 is 2.91 bits per heavy atom. The van der Waals surface area contributed by atoms with Crippen LogP contribution in [0.3, 0.4) is 0 Å². The Morgan fingerprint density at radius 1 is 1.45 bits per heavy atom. The zero-order valence-electron chi connectivity index (χ0n) is 12.5. The molecule has 0 radical (unpaired) electrons. The van der Waals surface area contributed by atoms with Crippen molar-refractivity contribution in [2.24, 2.45) is 4.99 Å². The Balaban J connectivity index is 0.00000242. The summed E-state index contributed by atoms with van der Waals surface area (Å²) < 4.78 is 3.17. The van der Waals surface area contributed by atoms with Gasteiger partial charge in [0.2, 0.25) is 0 Å². The number of thiophene rings is 1. The van der Waals surface area contributed by atoms with Gasteiger partial charge in [0, 0.05) is 41.3 Å². The van der Waals surface area contributed by atoms with E-state index in [4.69, 9.17) is 0 Å². The molecular weight excluding hydrogens is 479 g/mol. The van der Waals surface area contributed by atoms with Crippen molar-refractivity contribution < 1.29 is 0 Å². The van der Waals surface area contributed by atoms with E-state index in [-0.39, 0.29) is 24.0 Å². The van der Waals surface area contributed by atoms with Crippen molar-refractivity contribution in [2.45, 2.75) is 26.4 Å². The lowest BCUT2D eigenvalue weighted by Gasteiger charge is -2.12. The maximum atomic E-state index is 4.22. The third-order valence-electron chi connectivity index (χ3n) is 2.93. The number of hydrogen-bond donors (Lipinski definition) is 2. The van der Waals surface area contributed by atoms with Gasteiger partial charge < -0.3 is 15.2 Å². The average molecular weight is 499 g/mol. The number of hydrogen-bond acceptors (Lipinski definition) is 4. The molecule has 0 aromatic carbocycles. The Labute approximate surface area is 160 Å². The first-order chi connectivity index (χ1) is 10.2. The summed E-state index contributed by atoms with van der Waals surface area (Å²) in [6.45, 7) is 4.44. The Bertz CT molecular complexity index is 597. The molecule has 0 saturated heterocycles. The number of guanidine groups is 1. The molecule has 0 saturated carbocycles. The fourth-order valence-electron chi connectivity index (χ4n) is 1.87. The average Bonchev–Trinajstić information content (AvgIpc) is 3.11. The Morgan fingerprint density at radius 2 is 2.27 bits per heavy atom. The molecule has 6 nitrogen and oxygen atoms in total. The van der Waals surface area contributed by atoms with Crippen molar-refractivity contribution in [1.29, 1.82) is 0 Å². The van der Waals surface area contributed by atoms with Crippen LogP contribution in [0.15, 0.2) is 27.2 Å². The van der Waals surface area contributed by atoms with Crippen LogP contribution in [0.2, 0.25) is 0 Å². The van der Waals surface area contributed by atoms with Gasteiger partial charge in [0.1, 0.15) is 12.2 Å². The monoisotopic (exact) mass is 498 g/mol. The van der Waals surface area contributed by atoms with Gasteiger partial charge in [-0.3, -0.25) is 4.99 Å². The summed E-state index contributed by atoms with van der Waals surface area (Å²) in [5, 5.41) is 16.7. The molecule has 2 N–H and O–H groups in total. The maximum absolute atomic E-state index is 4.22. The van der Waals surface area contributed by atoms with E-state index in [2.05, 4.69) is 64.7 Å². The highest BCUT2D eigenvalue weighted by atomic mass is 127. The highest BCUT2D eigenvalue weighted by Gasteiger charge is 2.03. The molecule has 2 rings (SSSR count). The van der Waals surface area contributed by atoms with E-state index in [1.54, 1.807) is 24.7 Å². The fourth-order valence-corrected chi connectivity index (χ4v) is 3.26. The second kappa shape index (κ2) is 10.2. The number of nitrogens with zero attached hydrogens (tertiary/aromatic N) is 4. The zero-order valence-corrected chi connectivity index (χ0v) is 17.3. The summed E-state index contributed by atoms with van der Waals surface area (Å²) in [5.41, 5.74) is 0. The van der Waals surface area contributed by atoms with Crippen LogP contribution >= 0.6 is 51.2 Å². The minimum atomic E-state index is 0. The number of halogens is 2. The van der Waals surface area contributed by atoms with Crippen LogP contribution in [0, 0.1) is 0 Å². The van der Waals surface area contributed by atoms with Crippen molar-refractivity contribution in [3.8, 4) is 0 Å². The largest absolute Gasteiger partial charge is 0.355 e. The first kappa shape index (κ1) is 19.4. The van der Waals surface area contributed by atoms with Crippen LogP contribution in [0.25, 0.3) is 0 Å². The summed E-state index contributed by atoms with van der Waals surface area (Å²) in [7, 11) is 1.77. The number of aryl methyl sites for hydroxylation is 1. The van der Waals surface area contributed by atoms with E-state index >= 15 is 0 Å². The first-order valence-corrected chi connectivity index (χ1v) is 8.44. The molecule has 22 heavy (non-hydrogen) atoms. The molecule has 0 aliphatic heterocycles. The topological polar surface area (TPSA) is 67.1 Å². The van der Waals surface area contributed by atoms with E-state index < -0.39 is 0 Å². The standard InChI is InChI=1S/C13H19BrN6S.HI/c1-3-12-19-18-9-20(12)5-4-16-13(15-2)17-7-11-6-10(14)8-21-11;/h6,8-9H,3-5,7H2,1-2H3,(H2,15,16,17);1H. The highest BCUT2D eigenvalue weighted by molar-refractivity contribution is 14.0. The van der Waals surface area contributed by atoms with Crippen LogP contribution in [0.4, 0.5) is 0 Å². The third-order valence-corrected chi connectivity index (χ3v) is 4.63. The van der Waals surface area contributed by atoms with Gasteiger partial charge in [-0.05, 0) is 22.0 Å². The van der Waals surface area contributed by atoms with Crippen LogP contribution in [0.1, 0.15) is 17.6 Å². The molecule has 0 amide bonds. The van der Waals surface area contributed by atoms with Gasteiger partial charge in [-0.2, -0.15) is 0 Å². The summed E-state index contributed by atoms with van der Waals surface area (Å²) in [5.74, 6) is 1.80. The molecule has 2 aromatic heterocycles. The predicted molar refractivity (Wildman–Crippen MR) is 105 cm³/mol. The molecule has 0 spiro atoms. The lowest BCUT2D eigenvalue weighted by molar-refractivity contribution is 0.633. The molecule has 2 aromatic rings. The van der Waals surface area contributed by atoms with Gasteiger partial charge >= 0.3 is 0 Å². The van der Waals surface area contributed by atoms with Gasteiger partial charge in [-0.15, -0.1) is 45.5 Å². The van der Waals surface area contributed by atoms with E-state index in [9.17, 15) is 0 Å². The van der Waals surface area contributed by atoms with Crippen LogP contribution in [0.5, 0.6) is 0 Å². The molecule has 0 fully saturated rings. The number of aromatic nitrogens is 3. The number of aliphatic imine (C=N–C) groups is 1. The summed E-state index contributed by atoms with van der Waals surface area (Å²) >= 11 is 5.17. The smallest absolute Gasteiger partial charge is 0.191 e. The maximum Gasteiger partial charge on any atom is 0.191 e. The first-order valence-electron chi connectivity index (χ1n) is 6.77. The number of nitrogens with one attached hydrogen (secondary N) is 2. The molecular formula is C13H20BrIN6S. The minimum absolute atomic E-state index is 0. The fraction of sp³-hybridized carbons (Fsp3) is 0.462. The molecule has 0 unspecified atom stereocenters. The van der Waals surface area contributed by atoms with Crippen LogP contribution in [-0.4, -0.2) is 34.3 Å². The zero-order chi connectivity index (χ0) is 15.1. The van der Waals surface area contributed by atoms with Crippen molar-refractivity contribution in [3.63, 3.8) is 0 Å². The van der Waals surface area contributed by atoms with Crippen LogP contribution in [-0.2, 0) is 19.5 Å². The normalized spacial score (nSPS) is 11.1. The van der Waals surface area contributed by atoms with Gasteiger partial charge in [0.05, 0.1) is 6.54 Å². The van der Waals surface area contributed by atoms with Gasteiger partial charge in [-0.1, -0.05) is 6.92 Å². The predicted octanol–water partition coefficient (Wildman–Crippen LogP) is 2.65. The van der Waals surface area contributed by atoms with Crippen LogP contribution < -0.4 is 10.6 Å². The molecule has 0 aliphatic carbocycles. The van der Waals surface area contributed by atoms with E-state index in [1.807, 2.05) is 0 Å². The third kappa shape index (κ3) is 5.84. The molecule has 0 aliphatic rings. The molecule has 122 valence electrons. The highest BCUT2D eigenvalue weighted by Crippen LogP contribution is 2.19. The Hall–Kier alpha value is -0.680. The quantitative estimate of drug-likeness (QED) is 0.365. The van der Waals surface area contributed by atoms with Crippen molar-refractivity contribution in [2.75, 3.05) is 13.6 Å². The van der Waals surface area contributed by atoms with Gasteiger partial charge in [0.25, 0.3) is 0 Å². The minimum Gasteiger partial charge on any atom is -0.355 e. The number of rotatable bonds is 6. The Kier molecular flexibility index (Phi) is 8.95. The summed E-state index contributed by atoms with van der Waals surface area (Å²) in [6, 6.07) is 2.11. The summed E-state index contributed by atoms with van der Waals surface area (Å²) in [6.07, 6.45) is 2.65. The molecule has 9 heteroatoms. The SMILES string of the molecule is CCc1nncn1CCNC(=NC)NCc1cc(Br)cs1.I. The second-order valence-corrected chi connectivity index (χ2v) is 6.29.